The van der Waals surface area contributed by atoms with E-state index in [1.54, 1.807) is 0 Å². The van der Waals surface area contributed by atoms with E-state index < -0.39 is 7.52 Å². The Morgan fingerprint density at radius 3 is 2.55 bits per heavy atom. The summed E-state index contributed by atoms with van der Waals surface area (Å²) in [4.78, 5) is 0. The molecule has 0 saturated heterocycles. The van der Waals surface area contributed by atoms with Gasteiger partial charge in [0.2, 0.25) is 0 Å². The van der Waals surface area contributed by atoms with E-state index in [-0.39, 0.29) is 0 Å². The van der Waals surface area contributed by atoms with Gasteiger partial charge in [-0.15, -0.1) is 0 Å². The zero-order valence-corrected chi connectivity index (χ0v) is 8.83. The summed E-state index contributed by atoms with van der Waals surface area (Å²) in [5.41, 5.74) is 0. The molecule has 0 rings (SSSR count). The molecule has 0 aromatic heterocycles. The molecule has 1 atom stereocenters. The van der Waals surface area contributed by atoms with Gasteiger partial charge in [-0.1, -0.05) is 6.92 Å². The Morgan fingerprint density at radius 1 is 1.55 bits per heavy atom. The molecule has 5 heteroatoms. The van der Waals surface area contributed by atoms with Crippen LogP contribution in [0, 0.1) is 0 Å². The molecule has 0 aromatic carbocycles. The van der Waals surface area contributed by atoms with Gasteiger partial charge < -0.3 is 4.52 Å². The van der Waals surface area contributed by atoms with Crippen LogP contribution in [0.2, 0.25) is 0 Å². The molecule has 0 aromatic rings. The highest BCUT2D eigenvalue weighted by Crippen LogP contribution is 2.40. The van der Waals surface area contributed by atoms with Crippen molar-refractivity contribution in [2.75, 3.05) is 25.1 Å². The summed E-state index contributed by atoms with van der Waals surface area (Å²) in [6.45, 7) is 4.81. The summed E-state index contributed by atoms with van der Waals surface area (Å²) in [6, 6.07) is 0. The molecule has 0 aliphatic rings. The Labute approximate surface area is 73.8 Å². The molecule has 0 spiro atoms. The summed E-state index contributed by atoms with van der Waals surface area (Å²) in [7, 11) is -2.52. The average Bonchev–Trinajstić information content (AvgIpc) is 2.02. The van der Waals surface area contributed by atoms with E-state index in [1.807, 2.05) is 13.8 Å². The lowest BCUT2D eigenvalue weighted by molar-refractivity contribution is 0.326. The summed E-state index contributed by atoms with van der Waals surface area (Å²) >= 11 is 4.00. The third kappa shape index (κ3) is 4.86. The lowest BCUT2D eigenvalue weighted by Gasteiger charge is -2.16. The average molecular weight is 197 g/mol. The Morgan fingerprint density at radius 2 is 2.18 bits per heavy atom. The summed E-state index contributed by atoms with van der Waals surface area (Å²) in [5.74, 6) is 0.678. The zero-order chi connectivity index (χ0) is 8.74. The monoisotopic (exact) mass is 197 g/mol. The number of hydrogen-bond acceptors (Lipinski definition) is 3. The van der Waals surface area contributed by atoms with Gasteiger partial charge in [-0.05, 0) is 6.92 Å². The molecule has 11 heavy (non-hydrogen) atoms. The van der Waals surface area contributed by atoms with E-state index in [0.29, 0.717) is 25.1 Å². The molecule has 1 N–H and O–H groups in total. The Bertz CT molecular complexity index is 143. The third-order valence-corrected chi connectivity index (χ3v) is 3.66. The molecule has 0 bridgehead atoms. The second kappa shape index (κ2) is 6.06. The predicted molar refractivity (Wildman–Crippen MR) is 51.6 cm³/mol. The van der Waals surface area contributed by atoms with Crippen molar-refractivity contribution >= 4 is 20.1 Å². The maximum Gasteiger partial charge on any atom is 0.269 e. The van der Waals surface area contributed by atoms with Gasteiger partial charge >= 0.3 is 0 Å². The van der Waals surface area contributed by atoms with Crippen LogP contribution in [0.15, 0.2) is 0 Å². The Hall–Kier alpha value is 0.500. The van der Waals surface area contributed by atoms with Crippen LogP contribution >= 0.6 is 20.1 Å². The lowest BCUT2D eigenvalue weighted by Crippen LogP contribution is -2.16. The van der Waals surface area contributed by atoms with Gasteiger partial charge in [0.1, 0.15) is 0 Å². The zero-order valence-electron chi connectivity index (χ0n) is 7.04. The van der Waals surface area contributed by atoms with Crippen LogP contribution in [0.1, 0.15) is 13.8 Å². The molecule has 0 aliphatic carbocycles. The van der Waals surface area contributed by atoms with Crippen molar-refractivity contribution in [3.8, 4) is 0 Å². The molecule has 0 heterocycles. The predicted octanol–water partition coefficient (Wildman–Crippen LogP) is 1.76. The van der Waals surface area contributed by atoms with E-state index in [1.165, 1.54) is 0 Å². The first-order valence-corrected chi connectivity index (χ1v) is 6.22. The minimum Gasteiger partial charge on any atom is -0.318 e. The molecular formula is C6H16NO2PS. The number of hydrogen-bond donors (Lipinski definition) is 2. The first-order chi connectivity index (χ1) is 5.18. The highest BCUT2D eigenvalue weighted by Gasteiger charge is 2.17. The molecule has 0 amide bonds. The smallest absolute Gasteiger partial charge is 0.269 e. The van der Waals surface area contributed by atoms with Crippen molar-refractivity contribution in [3.05, 3.63) is 0 Å². The fourth-order valence-corrected chi connectivity index (χ4v) is 2.33. The van der Waals surface area contributed by atoms with Crippen LogP contribution in [0.3, 0.4) is 0 Å². The van der Waals surface area contributed by atoms with Gasteiger partial charge in [-0.3, -0.25) is 4.57 Å². The van der Waals surface area contributed by atoms with Gasteiger partial charge in [0, 0.05) is 18.5 Å². The SMILES string of the molecule is CCOP(=O)(CC)NCCS. The van der Waals surface area contributed by atoms with Crippen LogP contribution in [0.5, 0.6) is 0 Å². The molecule has 0 saturated carbocycles. The van der Waals surface area contributed by atoms with Crippen molar-refractivity contribution < 1.29 is 9.09 Å². The summed E-state index contributed by atoms with van der Waals surface area (Å²) in [5, 5.41) is 2.85. The van der Waals surface area contributed by atoms with Gasteiger partial charge in [-0.25, -0.2) is 5.09 Å². The van der Waals surface area contributed by atoms with Crippen LogP contribution in [0.25, 0.3) is 0 Å². The van der Waals surface area contributed by atoms with Crippen LogP contribution in [-0.4, -0.2) is 25.1 Å². The largest absolute Gasteiger partial charge is 0.318 e. The first-order valence-electron chi connectivity index (χ1n) is 3.78. The quantitative estimate of drug-likeness (QED) is 0.503. The van der Waals surface area contributed by atoms with E-state index in [0.717, 1.165) is 0 Å². The molecule has 0 fully saturated rings. The normalized spacial score (nSPS) is 16.3. The van der Waals surface area contributed by atoms with Gasteiger partial charge in [0.25, 0.3) is 7.52 Å². The minimum absolute atomic E-state index is 0.491. The van der Waals surface area contributed by atoms with Gasteiger partial charge in [0.15, 0.2) is 0 Å². The van der Waals surface area contributed by atoms with E-state index >= 15 is 0 Å². The van der Waals surface area contributed by atoms with E-state index in [2.05, 4.69) is 17.7 Å². The Balaban J connectivity index is 3.79. The van der Waals surface area contributed by atoms with Crippen LogP contribution in [-0.2, 0) is 9.09 Å². The van der Waals surface area contributed by atoms with E-state index in [4.69, 9.17) is 4.52 Å². The molecule has 1 unspecified atom stereocenters. The third-order valence-electron chi connectivity index (χ3n) is 1.22. The minimum atomic E-state index is -2.52. The van der Waals surface area contributed by atoms with Crippen molar-refractivity contribution in [2.24, 2.45) is 0 Å². The van der Waals surface area contributed by atoms with Gasteiger partial charge in [0.05, 0.1) is 6.61 Å². The maximum absolute atomic E-state index is 11.6. The molecule has 0 radical (unpaired) electrons. The molecule has 0 aliphatic heterocycles. The fourth-order valence-electron chi connectivity index (χ4n) is 0.678. The molecular weight excluding hydrogens is 181 g/mol. The second-order valence-electron chi connectivity index (χ2n) is 2.04. The second-order valence-corrected chi connectivity index (χ2v) is 5.04. The number of nitrogens with one attached hydrogen (secondary N) is 1. The first kappa shape index (κ1) is 11.5. The van der Waals surface area contributed by atoms with Gasteiger partial charge in [-0.2, -0.15) is 12.6 Å². The molecule has 3 nitrogen and oxygen atoms in total. The summed E-state index contributed by atoms with van der Waals surface area (Å²) < 4.78 is 16.7. The van der Waals surface area contributed by atoms with E-state index in [9.17, 15) is 4.57 Å². The highest BCUT2D eigenvalue weighted by atomic mass is 32.1. The van der Waals surface area contributed by atoms with Crippen LogP contribution in [0.4, 0.5) is 0 Å². The molecule has 68 valence electrons. The Kier molecular flexibility index (Phi) is 6.34. The summed E-state index contributed by atoms with van der Waals surface area (Å²) in [6.07, 6.45) is 0.536. The number of rotatable bonds is 6. The highest BCUT2D eigenvalue weighted by molar-refractivity contribution is 7.80. The maximum atomic E-state index is 11.6. The van der Waals surface area contributed by atoms with Crippen molar-refractivity contribution in [2.45, 2.75) is 13.8 Å². The fraction of sp³-hybridized carbons (Fsp3) is 1.00. The topological polar surface area (TPSA) is 38.3 Å². The standard InChI is InChI=1S/C6H16NO2PS/c1-3-9-10(8,4-2)7-5-6-11/h11H,3-6H2,1-2H3,(H,7,8). The van der Waals surface area contributed by atoms with Crippen LogP contribution < -0.4 is 5.09 Å². The van der Waals surface area contributed by atoms with Crippen molar-refractivity contribution in [3.63, 3.8) is 0 Å². The van der Waals surface area contributed by atoms with Crippen molar-refractivity contribution in [1.82, 2.24) is 5.09 Å². The lowest BCUT2D eigenvalue weighted by atomic mass is 10.8. The number of thiol groups is 1. The van der Waals surface area contributed by atoms with Crippen molar-refractivity contribution in [1.29, 1.82) is 0 Å².